The summed E-state index contributed by atoms with van der Waals surface area (Å²) < 4.78 is 5.41. The van der Waals surface area contributed by atoms with Crippen LogP contribution in [-0.4, -0.2) is 49.7 Å². The summed E-state index contributed by atoms with van der Waals surface area (Å²) in [5.74, 6) is -0.0694. The smallest absolute Gasteiger partial charge is 0.251 e. The number of nitriles is 1. The van der Waals surface area contributed by atoms with Crippen molar-refractivity contribution in [3.05, 3.63) is 59.7 Å². The molecule has 5 heteroatoms. The lowest BCUT2D eigenvalue weighted by atomic mass is 10.0. The van der Waals surface area contributed by atoms with E-state index in [9.17, 15) is 4.79 Å². The van der Waals surface area contributed by atoms with Crippen molar-refractivity contribution in [3.8, 4) is 17.2 Å². The van der Waals surface area contributed by atoms with Crippen molar-refractivity contribution in [1.29, 1.82) is 5.26 Å². The molecule has 27 heavy (non-hydrogen) atoms. The van der Waals surface area contributed by atoms with Gasteiger partial charge in [-0.15, -0.1) is 0 Å². The van der Waals surface area contributed by atoms with Gasteiger partial charge in [-0.05, 0) is 41.8 Å². The van der Waals surface area contributed by atoms with Crippen molar-refractivity contribution in [3.63, 3.8) is 0 Å². The third kappa shape index (κ3) is 4.94. The van der Waals surface area contributed by atoms with Gasteiger partial charge in [-0.25, -0.2) is 0 Å². The van der Waals surface area contributed by atoms with Gasteiger partial charge >= 0.3 is 0 Å². The number of nitrogens with one attached hydrogen (secondary N) is 1. The quantitative estimate of drug-likeness (QED) is 0.857. The number of hydrogen-bond acceptors (Lipinski definition) is 4. The Morgan fingerprint density at radius 1 is 1.19 bits per heavy atom. The number of morpholine rings is 1. The number of hydrogen-bond donors (Lipinski definition) is 1. The summed E-state index contributed by atoms with van der Waals surface area (Å²) in [4.78, 5) is 15.0. The molecule has 2 aromatic rings. The monoisotopic (exact) mass is 363 g/mol. The highest BCUT2D eigenvalue weighted by atomic mass is 16.5. The Hall–Kier alpha value is -2.68. The molecule has 0 bridgehead atoms. The fourth-order valence-corrected chi connectivity index (χ4v) is 3.40. The Morgan fingerprint density at radius 2 is 1.89 bits per heavy atom. The fourth-order valence-electron chi connectivity index (χ4n) is 3.40. The second kappa shape index (κ2) is 9.31. The van der Waals surface area contributed by atoms with Gasteiger partial charge in [0.15, 0.2) is 0 Å². The number of benzene rings is 2. The molecule has 0 spiro atoms. The summed E-state index contributed by atoms with van der Waals surface area (Å²) in [5, 5.41) is 12.2. The highest BCUT2D eigenvalue weighted by Gasteiger charge is 2.20. The predicted molar refractivity (Wildman–Crippen MR) is 105 cm³/mol. The van der Waals surface area contributed by atoms with Crippen LogP contribution < -0.4 is 5.32 Å². The standard InChI is InChI=1S/C22H25N3O2/c1-2-21(25-9-11-27-12-10-25)16-24-22(26)20-8-4-7-19(14-20)18-6-3-5-17(13-18)15-23/h3-8,13-14,21H,2,9-12,16H2,1H3,(H,24,26). The van der Waals surface area contributed by atoms with Gasteiger partial charge in [0.1, 0.15) is 0 Å². The fraction of sp³-hybridized carbons (Fsp3) is 0.364. The average molecular weight is 363 g/mol. The molecule has 0 aliphatic carbocycles. The molecule has 5 nitrogen and oxygen atoms in total. The second-order valence-electron chi connectivity index (χ2n) is 6.69. The molecule has 1 heterocycles. The summed E-state index contributed by atoms with van der Waals surface area (Å²) in [5.41, 5.74) is 3.11. The van der Waals surface area contributed by atoms with Crippen molar-refractivity contribution < 1.29 is 9.53 Å². The van der Waals surface area contributed by atoms with E-state index in [1.807, 2.05) is 42.5 Å². The predicted octanol–water partition coefficient (Wildman–Crippen LogP) is 3.07. The first-order valence-corrected chi connectivity index (χ1v) is 9.42. The lowest BCUT2D eigenvalue weighted by Gasteiger charge is -2.34. The second-order valence-corrected chi connectivity index (χ2v) is 6.69. The first-order chi connectivity index (χ1) is 13.2. The maximum absolute atomic E-state index is 12.6. The summed E-state index contributed by atoms with van der Waals surface area (Å²) in [6.07, 6.45) is 0.987. The highest BCUT2D eigenvalue weighted by Crippen LogP contribution is 2.21. The molecule has 1 unspecified atom stereocenters. The van der Waals surface area contributed by atoms with E-state index in [4.69, 9.17) is 10.00 Å². The van der Waals surface area contributed by atoms with E-state index >= 15 is 0 Å². The molecule has 1 fully saturated rings. The van der Waals surface area contributed by atoms with Gasteiger partial charge in [0.25, 0.3) is 5.91 Å². The Kier molecular flexibility index (Phi) is 6.59. The Bertz CT molecular complexity index is 822. The Balaban J connectivity index is 1.67. The molecule has 0 aromatic heterocycles. The van der Waals surface area contributed by atoms with Crippen LogP contribution in [0.3, 0.4) is 0 Å². The number of carbonyl (C=O) groups excluding carboxylic acids is 1. The van der Waals surface area contributed by atoms with Crippen LogP contribution in [0.5, 0.6) is 0 Å². The van der Waals surface area contributed by atoms with Crippen LogP contribution in [0, 0.1) is 11.3 Å². The van der Waals surface area contributed by atoms with Crippen LogP contribution in [0.2, 0.25) is 0 Å². The molecular weight excluding hydrogens is 338 g/mol. The SMILES string of the molecule is CCC(CNC(=O)c1cccc(-c2cccc(C#N)c2)c1)N1CCOCC1. The zero-order chi connectivity index (χ0) is 19.1. The third-order valence-electron chi connectivity index (χ3n) is 4.98. The molecule has 1 aliphatic heterocycles. The first kappa shape index (κ1) is 19.1. The number of amides is 1. The van der Waals surface area contributed by atoms with Gasteiger partial charge in [0.05, 0.1) is 24.8 Å². The van der Waals surface area contributed by atoms with E-state index in [-0.39, 0.29) is 5.91 Å². The average Bonchev–Trinajstić information content (AvgIpc) is 2.75. The van der Waals surface area contributed by atoms with Gasteiger partial charge in [0, 0.05) is 31.2 Å². The zero-order valence-corrected chi connectivity index (χ0v) is 15.6. The minimum Gasteiger partial charge on any atom is -0.379 e. The van der Waals surface area contributed by atoms with Gasteiger partial charge in [0.2, 0.25) is 0 Å². The van der Waals surface area contributed by atoms with Crippen LogP contribution in [0.4, 0.5) is 0 Å². The van der Waals surface area contributed by atoms with Gasteiger partial charge in [-0.3, -0.25) is 9.69 Å². The van der Waals surface area contributed by atoms with Crippen LogP contribution >= 0.6 is 0 Å². The molecule has 140 valence electrons. The first-order valence-electron chi connectivity index (χ1n) is 9.42. The number of rotatable bonds is 6. The van der Waals surface area contributed by atoms with Gasteiger partial charge in [-0.2, -0.15) is 5.26 Å². The van der Waals surface area contributed by atoms with Gasteiger partial charge < -0.3 is 10.1 Å². The zero-order valence-electron chi connectivity index (χ0n) is 15.6. The molecule has 2 aromatic carbocycles. The molecule has 1 amide bonds. The molecular formula is C22H25N3O2. The van der Waals surface area contributed by atoms with Crippen molar-refractivity contribution >= 4 is 5.91 Å². The van der Waals surface area contributed by atoms with E-state index < -0.39 is 0 Å². The molecule has 1 saturated heterocycles. The molecule has 1 N–H and O–H groups in total. The van der Waals surface area contributed by atoms with Gasteiger partial charge in [-0.1, -0.05) is 31.2 Å². The van der Waals surface area contributed by atoms with E-state index in [0.717, 1.165) is 43.9 Å². The lowest BCUT2D eigenvalue weighted by molar-refractivity contribution is 0.0159. The van der Waals surface area contributed by atoms with E-state index in [1.165, 1.54) is 0 Å². The summed E-state index contributed by atoms with van der Waals surface area (Å²) in [6, 6.07) is 17.4. The molecule has 3 rings (SSSR count). The molecule has 1 aliphatic rings. The van der Waals surface area contributed by atoms with E-state index in [1.54, 1.807) is 6.07 Å². The molecule has 0 saturated carbocycles. The van der Waals surface area contributed by atoms with Crippen molar-refractivity contribution in [2.45, 2.75) is 19.4 Å². The number of carbonyl (C=O) groups is 1. The Morgan fingerprint density at radius 3 is 2.59 bits per heavy atom. The van der Waals surface area contributed by atoms with Crippen molar-refractivity contribution in [2.24, 2.45) is 0 Å². The number of nitrogens with zero attached hydrogens (tertiary/aromatic N) is 2. The summed E-state index contributed by atoms with van der Waals surface area (Å²) in [6.45, 7) is 6.12. The largest absolute Gasteiger partial charge is 0.379 e. The lowest BCUT2D eigenvalue weighted by Crippen LogP contribution is -2.48. The highest BCUT2D eigenvalue weighted by molar-refractivity contribution is 5.95. The maximum atomic E-state index is 12.6. The minimum absolute atomic E-state index is 0.0694. The van der Waals surface area contributed by atoms with Crippen LogP contribution in [0.25, 0.3) is 11.1 Å². The minimum atomic E-state index is -0.0694. The maximum Gasteiger partial charge on any atom is 0.251 e. The number of ether oxygens (including phenoxy) is 1. The van der Waals surface area contributed by atoms with Crippen LogP contribution in [-0.2, 0) is 4.74 Å². The van der Waals surface area contributed by atoms with Crippen molar-refractivity contribution in [1.82, 2.24) is 10.2 Å². The van der Waals surface area contributed by atoms with Crippen molar-refractivity contribution in [2.75, 3.05) is 32.8 Å². The van der Waals surface area contributed by atoms with E-state index in [0.29, 0.717) is 23.7 Å². The van der Waals surface area contributed by atoms with Crippen LogP contribution in [0.1, 0.15) is 29.3 Å². The van der Waals surface area contributed by atoms with Crippen LogP contribution in [0.15, 0.2) is 48.5 Å². The Labute approximate surface area is 160 Å². The topological polar surface area (TPSA) is 65.4 Å². The molecule has 1 atom stereocenters. The third-order valence-corrected chi connectivity index (χ3v) is 4.98. The van der Waals surface area contributed by atoms with E-state index in [2.05, 4.69) is 23.2 Å². The molecule has 0 radical (unpaired) electrons. The summed E-state index contributed by atoms with van der Waals surface area (Å²) >= 11 is 0. The normalized spacial score (nSPS) is 15.7. The summed E-state index contributed by atoms with van der Waals surface area (Å²) in [7, 11) is 0.